The average Bonchev–Trinajstić information content (AvgIpc) is 3.42. The molecule has 4 bridgehead atoms. The van der Waals surface area contributed by atoms with Gasteiger partial charge < -0.3 is 4.74 Å². The van der Waals surface area contributed by atoms with Crippen molar-refractivity contribution in [2.45, 2.75) is 66.1 Å². The molecule has 3 fully saturated rings. The highest BCUT2D eigenvalue weighted by Gasteiger charge is 2.76. The van der Waals surface area contributed by atoms with Crippen LogP contribution in [0.2, 0.25) is 0 Å². The summed E-state index contributed by atoms with van der Waals surface area (Å²) in [5, 5.41) is 0. The summed E-state index contributed by atoms with van der Waals surface area (Å²) >= 11 is 0. The molecular weight excluding hydrogens is 605 g/mol. The molecule has 0 aliphatic heterocycles. The maximum atomic E-state index is 6.34. The number of fused-ring (bicyclic) bond motifs is 14. The van der Waals surface area contributed by atoms with Crippen molar-refractivity contribution in [3.63, 3.8) is 0 Å². The molecule has 0 aromatic heterocycles. The van der Waals surface area contributed by atoms with Crippen molar-refractivity contribution in [2.24, 2.45) is 5.92 Å². The van der Waals surface area contributed by atoms with Gasteiger partial charge in [0.25, 0.3) is 0 Å². The van der Waals surface area contributed by atoms with Crippen LogP contribution in [-0.4, -0.2) is 7.11 Å². The molecule has 0 amide bonds. The molecule has 6 aliphatic carbocycles. The number of rotatable bonds is 1. The maximum Gasteiger partial charge on any atom is 0.126 e. The second-order valence-electron chi connectivity index (χ2n) is 16.5. The van der Waals surface area contributed by atoms with Gasteiger partial charge in [-0.1, -0.05) is 133 Å². The molecule has 6 aliphatic rings. The summed E-state index contributed by atoms with van der Waals surface area (Å²) in [4.78, 5) is 0. The molecule has 0 heterocycles. The zero-order valence-corrected chi connectivity index (χ0v) is 28.5. The van der Waals surface area contributed by atoms with Crippen LogP contribution in [0.15, 0.2) is 140 Å². The SMILES string of the molecule is COc1cccc2c1-c1ccccc1C1CC34CC(CC56c7ccccc7-c7ccccc7C5CC2(C1)C36)c1ccccc1-c1ccccc14. The molecule has 3 spiro atoms. The molecule has 50 heavy (non-hydrogen) atoms. The zero-order chi connectivity index (χ0) is 32.8. The second-order valence-corrected chi connectivity index (χ2v) is 16.5. The van der Waals surface area contributed by atoms with Gasteiger partial charge in [0.2, 0.25) is 0 Å². The van der Waals surface area contributed by atoms with Crippen LogP contribution in [0.1, 0.15) is 83.2 Å². The Kier molecular flexibility index (Phi) is 5.28. The summed E-state index contributed by atoms with van der Waals surface area (Å²) < 4.78 is 6.34. The van der Waals surface area contributed by atoms with Gasteiger partial charge in [-0.15, -0.1) is 0 Å². The van der Waals surface area contributed by atoms with Crippen LogP contribution in [0.5, 0.6) is 5.75 Å². The van der Waals surface area contributed by atoms with Crippen LogP contribution in [0.3, 0.4) is 0 Å². The molecule has 6 aromatic rings. The molecule has 0 N–H and O–H groups in total. The van der Waals surface area contributed by atoms with Gasteiger partial charge in [-0.3, -0.25) is 0 Å². The van der Waals surface area contributed by atoms with Crippen molar-refractivity contribution in [3.05, 3.63) is 173 Å². The van der Waals surface area contributed by atoms with E-state index in [0.717, 1.165) is 5.75 Å². The fourth-order valence-electron chi connectivity index (χ4n) is 14.0. The van der Waals surface area contributed by atoms with Gasteiger partial charge in [-0.25, -0.2) is 0 Å². The topological polar surface area (TPSA) is 9.23 Å². The lowest BCUT2D eigenvalue weighted by molar-refractivity contribution is -0.00428. The Morgan fingerprint density at radius 2 is 0.940 bits per heavy atom. The summed E-state index contributed by atoms with van der Waals surface area (Å²) in [5.74, 6) is 2.82. The van der Waals surface area contributed by atoms with Gasteiger partial charge in [-0.2, -0.15) is 0 Å². The molecule has 1 nitrogen and oxygen atoms in total. The fourth-order valence-corrected chi connectivity index (χ4v) is 14.0. The normalized spacial score (nSPS) is 31.1. The molecule has 1 heteroatoms. The van der Waals surface area contributed by atoms with E-state index in [2.05, 4.69) is 140 Å². The average molecular weight is 645 g/mol. The van der Waals surface area contributed by atoms with Gasteiger partial charge >= 0.3 is 0 Å². The van der Waals surface area contributed by atoms with Crippen LogP contribution >= 0.6 is 0 Å². The lowest BCUT2D eigenvalue weighted by atomic mass is 9.38. The third-order valence-corrected chi connectivity index (χ3v) is 14.9. The van der Waals surface area contributed by atoms with Gasteiger partial charge in [0.05, 0.1) is 7.11 Å². The minimum Gasteiger partial charge on any atom is -0.496 e. The first kappa shape index (κ1) is 27.9. The van der Waals surface area contributed by atoms with E-state index in [4.69, 9.17) is 4.74 Å². The molecule has 6 aromatic carbocycles. The van der Waals surface area contributed by atoms with Gasteiger partial charge in [-0.05, 0) is 123 Å². The first-order valence-corrected chi connectivity index (χ1v) is 18.8. The van der Waals surface area contributed by atoms with E-state index in [0.29, 0.717) is 23.7 Å². The predicted molar refractivity (Wildman–Crippen MR) is 202 cm³/mol. The van der Waals surface area contributed by atoms with E-state index in [1.54, 1.807) is 22.3 Å². The molecule has 3 saturated carbocycles. The number of ether oxygens (including phenoxy) is 1. The van der Waals surface area contributed by atoms with Gasteiger partial charge in [0.1, 0.15) is 5.75 Å². The van der Waals surface area contributed by atoms with E-state index in [1.807, 2.05) is 7.11 Å². The van der Waals surface area contributed by atoms with E-state index in [-0.39, 0.29) is 16.2 Å². The standard InChI is InChI=1S/C49H40O/c1-50-44-24-12-23-42-45(44)39-20-7-3-14-33(39)30-25-47-27-31(32-13-2-4-15-34(32)36-17-8-10-21-40(36)47)28-49-41-22-11-9-18-37(41)35-16-5-6-19-38(35)43(49)29-48(42,26-30)46(47)49/h2-24,30-31,43,46H,25-29H2,1H3. The lowest BCUT2D eigenvalue weighted by Crippen LogP contribution is -2.61. The van der Waals surface area contributed by atoms with E-state index in [9.17, 15) is 0 Å². The molecule has 0 radical (unpaired) electrons. The van der Waals surface area contributed by atoms with E-state index < -0.39 is 0 Å². The Balaban J connectivity index is 1.29. The highest BCUT2D eigenvalue weighted by Crippen LogP contribution is 2.82. The van der Waals surface area contributed by atoms with Crippen LogP contribution in [-0.2, 0) is 16.2 Å². The molecule has 7 atom stereocenters. The van der Waals surface area contributed by atoms with Crippen molar-refractivity contribution in [1.29, 1.82) is 0 Å². The minimum atomic E-state index is -0.0321. The third-order valence-electron chi connectivity index (χ3n) is 14.9. The quantitative estimate of drug-likeness (QED) is 0.173. The molecule has 0 saturated heterocycles. The van der Waals surface area contributed by atoms with Crippen LogP contribution in [0.4, 0.5) is 0 Å². The Labute approximate surface area is 295 Å². The van der Waals surface area contributed by atoms with E-state index >= 15 is 0 Å². The predicted octanol–water partition coefficient (Wildman–Crippen LogP) is 11.7. The number of hydrogen-bond acceptors (Lipinski definition) is 1. The van der Waals surface area contributed by atoms with Crippen LogP contribution in [0, 0.1) is 5.92 Å². The van der Waals surface area contributed by atoms with Crippen molar-refractivity contribution < 1.29 is 4.74 Å². The van der Waals surface area contributed by atoms with Crippen molar-refractivity contribution in [2.75, 3.05) is 7.11 Å². The zero-order valence-electron chi connectivity index (χ0n) is 28.5. The molecule has 12 rings (SSSR count). The fraction of sp³-hybridized carbons (Fsp3) is 0.265. The Hall–Kier alpha value is -4.88. The summed E-state index contributed by atoms with van der Waals surface area (Å²) in [5.41, 5.74) is 18.0. The molecule has 7 unspecified atom stereocenters. The molecular formula is C49H40O. The van der Waals surface area contributed by atoms with Gasteiger partial charge in [0.15, 0.2) is 0 Å². The van der Waals surface area contributed by atoms with Gasteiger partial charge in [0, 0.05) is 21.8 Å². The Morgan fingerprint density at radius 3 is 1.66 bits per heavy atom. The summed E-state index contributed by atoms with van der Waals surface area (Å²) in [6.45, 7) is 0. The van der Waals surface area contributed by atoms with Crippen molar-refractivity contribution >= 4 is 0 Å². The second kappa shape index (κ2) is 9.46. The molecule has 242 valence electrons. The highest BCUT2D eigenvalue weighted by molar-refractivity contribution is 5.84. The highest BCUT2D eigenvalue weighted by atomic mass is 16.5. The van der Waals surface area contributed by atoms with Crippen LogP contribution in [0.25, 0.3) is 33.4 Å². The van der Waals surface area contributed by atoms with E-state index in [1.165, 1.54) is 76.6 Å². The first-order valence-electron chi connectivity index (χ1n) is 18.8. The summed E-state index contributed by atoms with van der Waals surface area (Å²) in [7, 11) is 1.88. The minimum absolute atomic E-state index is 0.00656. The lowest BCUT2D eigenvalue weighted by Gasteiger charge is -2.64. The third kappa shape index (κ3) is 3.10. The smallest absolute Gasteiger partial charge is 0.126 e. The monoisotopic (exact) mass is 644 g/mol. The maximum absolute atomic E-state index is 6.34. The number of hydrogen-bond donors (Lipinski definition) is 0. The Morgan fingerprint density at radius 1 is 0.440 bits per heavy atom. The largest absolute Gasteiger partial charge is 0.496 e. The van der Waals surface area contributed by atoms with Crippen LogP contribution < -0.4 is 4.74 Å². The summed E-state index contributed by atoms with van der Waals surface area (Å²) in [6.07, 6.45) is 5.96. The first-order chi connectivity index (χ1) is 24.7. The number of benzene rings is 6. The Bertz CT molecular complexity index is 2420. The van der Waals surface area contributed by atoms with Crippen molar-refractivity contribution in [3.8, 4) is 39.1 Å². The summed E-state index contributed by atoms with van der Waals surface area (Å²) in [6, 6.07) is 54.8. The van der Waals surface area contributed by atoms with Crippen molar-refractivity contribution in [1.82, 2.24) is 0 Å². The number of methoxy groups -OCH3 is 1.